The number of anilines is 1. The van der Waals surface area contributed by atoms with E-state index < -0.39 is 0 Å². The first kappa shape index (κ1) is 23.8. The Morgan fingerprint density at radius 2 is 1.89 bits per heavy atom. The first-order chi connectivity index (χ1) is 17.6. The van der Waals surface area contributed by atoms with Crippen molar-refractivity contribution in [2.24, 2.45) is 0 Å². The standard InChI is InChI=1S/C24H20N6.C4H11NO/c25-14-17-3-5-18(6-4-17)19-13-22-24-26-9-12-30(24)21-7-8-23(28-10-1-2-11-28)27-20(21)16-29(22)15-19;1-4(3-6)5-2/h3-9,12-13,15H,1-2,10-11,16H2;4-6H,3H2,1-2H3. The van der Waals surface area contributed by atoms with Gasteiger partial charge in [0.1, 0.15) is 5.82 Å². The van der Waals surface area contributed by atoms with Crippen LogP contribution in [0.2, 0.25) is 0 Å². The van der Waals surface area contributed by atoms with Gasteiger partial charge in [0.25, 0.3) is 0 Å². The van der Waals surface area contributed by atoms with E-state index in [9.17, 15) is 0 Å². The summed E-state index contributed by atoms with van der Waals surface area (Å²) in [5.74, 6) is 1.99. The zero-order valence-corrected chi connectivity index (χ0v) is 20.7. The van der Waals surface area contributed by atoms with Crippen molar-refractivity contribution >= 4 is 5.82 Å². The maximum atomic E-state index is 9.07. The van der Waals surface area contributed by atoms with Crippen molar-refractivity contribution in [2.45, 2.75) is 32.4 Å². The summed E-state index contributed by atoms with van der Waals surface area (Å²) < 4.78 is 4.37. The first-order valence-corrected chi connectivity index (χ1v) is 12.4. The molecule has 0 radical (unpaired) electrons. The quantitative estimate of drug-likeness (QED) is 0.405. The van der Waals surface area contributed by atoms with Gasteiger partial charge in [-0.1, -0.05) is 12.1 Å². The molecule has 4 aromatic rings. The van der Waals surface area contributed by atoms with Crippen molar-refractivity contribution in [3.63, 3.8) is 0 Å². The second-order valence-electron chi connectivity index (χ2n) is 9.25. The molecule has 2 N–H and O–H groups in total. The summed E-state index contributed by atoms with van der Waals surface area (Å²) in [6.07, 6.45) is 8.49. The second-order valence-corrected chi connectivity index (χ2v) is 9.25. The fourth-order valence-electron chi connectivity index (χ4n) is 4.60. The smallest absolute Gasteiger partial charge is 0.161 e. The van der Waals surface area contributed by atoms with Crippen molar-refractivity contribution in [3.8, 4) is 34.4 Å². The number of fused-ring (bicyclic) bond motifs is 5. The number of benzene rings is 1. The SMILES string of the molecule is CNC(C)CO.N#Cc1ccc(-c2cc3n(c2)Cc2nc(N4CCCC4)ccc2-n2ccnc2-3)cc1. The average molecular weight is 482 g/mol. The van der Waals surface area contributed by atoms with Gasteiger partial charge in [0.05, 0.1) is 41.9 Å². The number of rotatable bonds is 4. The highest BCUT2D eigenvalue weighted by molar-refractivity contribution is 5.72. The molecule has 1 aromatic carbocycles. The molecule has 8 heteroatoms. The average Bonchev–Trinajstić information content (AvgIpc) is 3.69. The Kier molecular flexibility index (Phi) is 6.85. The zero-order chi connectivity index (χ0) is 25.1. The van der Waals surface area contributed by atoms with E-state index in [0.29, 0.717) is 12.1 Å². The summed E-state index contributed by atoms with van der Waals surface area (Å²) in [6, 6.07) is 16.6. The fraction of sp³-hybridized carbons (Fsp3) is 0.321. The maximum absolute atomic E-state index is 9.07. The number of aliphatic hydroxyl groups is 1. The number of aromatic nitrogens is 4. The van der Waals surface area contributed by atoms with Crippen LogP contribution in [0, 0.1) is 11.3 Å². The highest BCUT2D eigenvalue weighted by Gasteiger charge is 2.23. The van der Waals surface area contributed by atoms with E-state index in [1.54, 1.807) is 0 Å². The molecule has 184 valence electrons. The monoisotopic (exact) mass is 481 g/mol. The number of nitrogens with one attached hydrogen (secondary N) is 1. The number of pyridine rings is 1. The van der Waals surface area contributed by atoms with Crippen LogP contribution < -0.4 is 10.2 Å². The van der Waals surface area contributed by atoms with E-state index in [4.69, 9.17) is 15.4 Å². The largest absolute Gasteiger partial charge is 0.395 e. The number of hydrogen-bond donors (Lipinski definition) is 2. The van der Waals surface area contributed by atoms with E-state index in [-0.39, 0.29) is 12.6 Å². The molecule has 1 unspecified atom stereocenters. The molecule has 0 saturated carbocycles. The Hall–Kier alpha value is -3.93. The van der Waals surface area contributed by atoms with Crippen LogP contribution in [0.3, 0.4) is 0 Å². The van der Waals surface area contributed by atoms with Crippen LogP contribution in [0.4, 0.5) is 5.82 Å². The third kappa shape index (κ3) is 4.63. The zero-order valence-electron chi connectivity index (χ0n) is 20.7. The molecule has 1 fully saturated rings. The van der Waals surface area contributed by atoms with E-state index in [1.807, 2.05) is 50.6 Å². The van der Waals surface area contributed by atoms with Gasteiger partial charge in [-0.15, -0.1) is 0 Å². The summed E-state index contributed by atoms with van der Waals surface area (Å²) in [5, 5.41) is 20.2. The molecule has 0 spiro atoms. The van der Waals surface area contributed by atoms with Gasteiger partial charge in [-0.05, 0) is 62.7 Å². The van der Waals surface area contributed by atoms with Crippen LogP contribution in [0.1, 0.15) is 31.0 Å². The fourth-order valence-corrected chi connectivity index (χ4v) is 4.60. The van der Waals surface area contributed by atoms with Crippen LogP contribution in [-0.4, -0.2) is 57.0 Å². The summed E-state index contributed by atoms with van der Waals surface area (Å²) in [4.78, 5) is 12.1. The van der Waals surface area contributed by atoms with Gasteiger partial charge >= 0.3 is 0 Å². The summed E-state index contributed by atoms with van der Waals surface area (Å²) in [6.45, 7) is 5.00. The molecule has 36 heavy (non-hydrogen) atoms. The Bertz CT molecular complexity index is 1370. The Morgan fingerprint density at radius 3 is 2.56 bits per heavy atom. The molecule has 5 heterocycles. The predicted octanol–water partition coefficient (Wildman–Crippen LogP) is 3.82. The topological polar surface area (TPSA) is 94.9 Å². The summed E-state index contributed by atoms with van der Waals surface area (Å²) >= 11 is 0. The van der Waals surface area contributed by atoms with Gasteiger partial charge in [-0.2, -0.15) is 5.26 Å². The molecular weight excluding hydrogens is 450 g/mol. The molecule has 2 aliphatic rings. The van der Waals surface area contributed by atoms with Crippen molar-refractivity contribution in [1.82, 2.24) is 24.4 Å². The molecule has 1 atom stereocenters. The lowest BCUT2D eigenvalue weighted by atomic mass is 10.1. The van der Waals surface area contributed by atoms with Gasteiger partial charge in [-0.3, -0.25) is 4.57 Å². The number of hydrogen-bond acceptors (Lipinski definition) is 6. The third-order valence-corrected chi connectivity index (χ3v) is 6.83. The maximum Gasteiger partial charge on any atom is 0.161 e. The van der Waals surface area contributed by atoms with Crippen molar-refractivity contribution in [3.05, 3.63) is 72.3 Å². The molecule has 8 nitrogen and oxygen atoms in total. The van der Waals surface area contributed by atoms with Gasteiger partial charge in [-0.25, -0.2) is 9.97 Å². The minimum atomic E-state index is 0.219. The van der Waals surface area contributed by atoms with Crippen LogP contribution >= 0.6 is 0 Å². The number of nitriles is 1. The van der Waals surface area contributed by atoms with Gasteiger partial charge in [0.15, 0.2) is 5.82 Å². The van der Waals surface area contributed by atoms with Crippen molar-refractivity contribution < 1.29 is 5.11 Å². The molecule has 0 amide bonds. The second kappa shape index (κ2) is 10.4. The third-order valence-electron chi connectivity index (χ3n) is 6.83. The molecule has 1 saturated heterocycles. The van der Waals surface area contributed by atoms with Crippen molar-refractivity contribution in [2.75, 3.05) is 31.6 Å². The highest BCUT2D eigenvalue weighted by Crippen LogP contribution is 2.34. The minimum Gasteiger partial charge on any atom is -0.395 e. The van der Waals surface area contributed by atoms with Gasteiger partial charge in [0, 0.05) is 43.3 Å². The number of aliphatic hydroxyl groups excluding tert-OH is 1. The molecule has 3 aromatic heterocycles. The Morgan fingerprint density at radius 1 is 1.11 bits per heavy atom. The number of imidazole rings is 1. The molecule has 0 bridgehead atoms. The van der Waals surface area contributed by atoms with E-state index in [2.05, 4.69) is 54.8 Å². The molecule has 6 rings (SSSR count). The number of likely N-dealkylation sites (N-methyl/N-ethyl adjacent to an activating group) is 1. The Balaban J connectivity index is 0.000000400. The van der Waals surface area contributed by atoms with E-state index in [0.717, 1.165) is 52.9 Å². The van der Waals surface area contributed by atoms with Crippen molar-refractivity contribution in [1.29, 1.82) is 5.26 Å². The lowest BCUT2D eigenvalue weighted by Crippen LogP contribution is -2.24. The van der Waals surface area contributed by atoms with Crippen LogP contribution in [0.15, 0.2) is 61.1 Å². The van der Waals surface area contributed by atoms with E-state index in [1.165, 1.54) is 12.8 Å². The lowest BCUT2D eigenvalue weighted by molar-refractivity contribution is 0.258. The normalized spacial score (nSPS) is 14.6. The van der Waals surface area contributed by atoms with Crippen LogP contribution in [0.5, 0.6) is 0 Å². The first-order valence-electron chi connectivity index (χ1n) is 12.4. The molecule has 2 aliphatic heterocycles. The van der Waals surface area contributed by atoms with E-state index >= 15 is 0 Å². The van der Waals surface area contributed by atoms with Crippen LogP contribution in [-0.2, 0) is 6.54 Å². The summed E-state index contributed by atoms with van der Waals surface area (Å²) in [7, 11) is 1.82. The lowest BCUT2D eigenvalue weighted by Gasteiger charge is -2.18. The molecule has 0 aliphatic carbocycles. The predicted molar refractivity (Wildman–Crippen MR) is 141 cm³/mol. The van der Waals surface area contributed by atoms with Crippen LogP contribution in [0.25, 0.3) is 28.3 Å². The number of nitrogens with zero attached hydrogens (tertiary/aromatic N) is 6. The summed E-state index contributed by atoms with van der Waals surface area (Å²) in [5.41, 5.74) is 6.09. The Labute approximate surface area is 211 Å². The highest BCUT2D eigenvalue weighted by atomic mass is 16.3. The minimum absolute atomic E-state index is 0.219. The van der Waals surface area contributed by atoms with Gasteiger partial charge < -0.3 is 19.9 Å². The van der Waals surface area contributed by atoms with Gasteiger partial charge in [0.2, 0.25) is 0 Å². The molecular formula is C28H31N7O.